The molecule has 6 nitrogen and oxygen atoms in total. The number of aromatic nitrogens is 3. The summed E-state index contributed by atoms with van der Waals surface area (Å²) < 4.78 is 5.20. The number of nitrogens with zero attached hydrogens (tertiary/aromatic N) is 5. The summed E-state index contributed by atoms with van der Waals surface area (Å²) in [6.07, 6.45) is 2.27. The molecule has 1 aliphatic rings. The molecule has 20 heavy (non-hydrogen) atoms. The highest BCUT2D eigenvalue weighted by Gasteiger charge is 2.21. The lowest BCUT2D eigenvalue weighted by Crippen LogP contribution is -2.19. The molecular weight excluding hydrogens is 254 g/mol. The van der Waals surface area contributed by atoms with Crippen molar-refractivity contribution in [2.75, 3.05) is 25.1 Å². The van der Waals surface area contributed by atoms with E-state index in [9.17, 15) is 5.26 Å². The quantitative estimate of drug-likeness (QED) is 0.849. The zero-order valence-electron chi connectivity index (χ0n) is 11.3. The minimum absolute atomic E-state index is 0.370. The Morgan fingerprint density at radius 2 is 2.05 bits per heavy atom. The Balaban J connectivity index is 2.00. The predicted molar refractivity (Wildman–Crippen MR) is 74.1 cm³/mol. The molecule has 0 unspecified atom stereocenters. The van der Waals surface area contributed by atoms with Crippen LogP contribution in [0, 0.1) is 11.3 Å². The van der Waals surface area contributed by atoms with Gasteiger partial charge in [0.2, 0.25) is 5.69 Å². The van der Waals surface area contributed by atoms with Gasteiger partial charge in [-0.3, -0.25) is 0 Å². The van der Waals surface area contributed by atoms with E-state index >= 15 is 0 Å². The van der Waals surface area contributed by atoms with Gasteiger partial charge in [0.25, 0.3) is 0 Å². The van der Waals surface area contributed by atoms with Crippen LogP contribution in [-0.2, 0) is 0 Å². The minimum Gasteiger partial charge on any atom is -0.497 e. The van der Waals surface area contributed by atoms with Crippen LogP contribution in [0.15, 0.2) is 24.3 Å². The van der Waals surface area contributed by atoms with Crippen molar-refractivity contribution in [1.29, 1.82) is 5.26 Å². The average Bonchev–Trinajstić information content (AvgIpc) is 3.15. The maximum atomic E-state index is 9.22. The number of anilines is 1. The van der Waals surface area contributed by atoms with Crippen molar-refractivity contribution in [1.82, 2.24) is 15.0 Å². The van der Waals surface area contributed by atoms with Gasteiger partial charge in [0.1, 0.15) is 11.8 Å². The predicted octanol–water partition coefficient (Wildman–Crippen LogP) is 1.75. The Hall–Kier alpha value is -2.55. The molecule has 0 spiro atoms. The van der Waals surface area contributed by atoms with Crippen LogP contribution in [0.3, 0.4) is 0 Å². The van der Waals surface area contributed by atoms with Gasteiger partial charge in [-0.15, -0.1) is 15.0 Å². The highest BCUT2D eigenvalue weighted by atomic mass is 16.5. The van der Waals surface area contributed by atoms with Crippen molar-refractivity contribution in [3.8, 4) is 17.5 Å². The lowest BCUT2D eigenvalue weighted by atomic mass is 10.3. The van der Waals surface area contributed by atoms with Gasteiger partial charge in [-0.25, -0.2) is 0 Å². The monoisotopic (exact) mass is 269 g/mol. The third-order valence-electron chi connectivity index (χ3n) is 3.39. The number of methoxy groups -OCH3 is 1. The molecule has 0 saturated carbocycles. The molecule has 6 heteroatoms. The highest BCUT2D eigenvalue weighted by Crippen LogP contribution is 2.22. The molecule has 0 radical (unpaired) electrons. The normalized spacial score (nSPS) is 14.3. The second-order valence-electron chi connectivity index (χ2n) is 4.67. The molecule has 102 valence electrons. The third kappa shape index (κ3) is 2.18. The fraction of sp³-hybridized carbons (Fsp3) is 0.357. The van der Waals surface area contributed by atoms with E-state index in [1.54, 1.807) is 7.11 Å². The number of rotatable bonds is 3. The molecule has 1 saturated heterocycles. The zero-order valence-corrected chi connectivity index (χ0v) is 11.3. The van der Waals surface area contributed by atoms with E-state index in [0.717, 1.165) is 37.4 Å². The van der Waals surface area contributed by atoms with Crippen LogP contribution >= 0.6 is 0 Å². The topological polar surface area (TPSA) is 67.0 Å². The van der Waals surface area contributed by atoms with Gasteiger partial charge < -0.3 is 9.64 Å². The largest absolute Gasteiger partial charge is 0.497 e. The molecule has 0 amide bonds. The lowest BCUT2D eigenvalue weighted by molar-refractivity contribution is 0.414. The van der Waals surface area contributed by atoms with Crippen LogP contribution in [0.5, 0.6) is 5.75 Å². The zero-order chi connectivity index (χ0) is 13.9. The van der Waals surface area contributed by atoms with E-state index in [1.807, 2.05) is 24.3 Å². The van der Waals surface area contributed by atoms with Crippen molar-refractivity contribution >= 4 is 5.82 Å². The van der Waals surface area contributed by atoms with Crippen molar-refractivity contribution in [2.45, 2.75) is 12.8 Å². The van der Waals surface area contributed by atoms with E-state index in [2.05, 4.69) is 21.2 Å². The average molecular weight is 269 g/mol. The van der Waals surface area contributed by atoms with Crippen LogP contribution in [0.2, 0.25) is 0 Å². The smallest absolute Gasteiger partial charge is 0.207 e. The van der Waals surface area contributed by atoms with Gasteiger partial charge in [0.15, 0.2) is 5.82 Å². The molecular formula is C14H15N5O. The molecule has 1 aromatic heterocycles. The van der Waals surface area contributed by atoms with Crippen LogP contribution in [0.25, 0.3) is 5.69 Å². The van der Waals surface area contributed by atoms with E-state index in [4.69, 9.17) is 4.74 Å². The standard InChI is InChI=1S/C14H15N5O/c1-20-12-6-4-5-11(9-12)19-16-13(10-15)14(17-19)18-7-2-3-8-18/h4-6,9H,2-3,7-8H2,1H3. The van der Waals surface area contributed by atoms with Gasteiger partial charge >= 0.3 is 0 Å². The first-order valence-electron chi connectivity index (χ1n) is 6.58. The van der Waals surface area contributed by atoms with Gasteiger partial charge in [-0.2, -0.15) is 5.26 Å². The molecule has 0 N–H and O–H groups in total. The first-order valence-corrected chi connectivity index (χ1v) is 6.58. The number of hydrogen-bond acceptors (Lipinski definition) is 5. The van der Waals surface area contributed by atoms with E-state index in [-0.39, 0.29) is 0 Å². The SMILES string of the molecule is COc1cccc(-n2nc(C#N)c(N3CCCC3)n2)c1. The molecule has 1 fully saturated rings. The molecule has 2 heterocycles. The lowest BCUT2D eigenvalue weighted by Gasteiger charge is -2.12. The molecule has 3 rings (SSSR count). The first kappa shape index (κ1) is 12.5. The minimum atomic E-state index is 0.370. The second kappa shape index (κ2) is 5.21. The Kier molecular flexibility index (Phi) is 3.25. The number of benzene rings is 1. The van der Waals surface area contributed by atoms with Crippen molar-refractivity contribution in [2.24, 2.45) is 0 Å². The third-order valence-corrected chi connectivity index (χ3v) is 3.39. The fourth-order valence-corrected chi connectivity index (χ4v) is 2.36. The van der Waals surface area contributed by atoms with Crippen molar-refractivity contribution < 1.29 is 4.74 Å². The molecule has 0 aliphatic carbocycles. The van der Waals surface area contributed by atoms with E-state index in [1.165, 1.54) is 4.80 Å². The maximum absolute atomic E-state index is 9.22. The van der Waals surface area contributed by atoms with E-state index in [0.29, 0.717) is 11.5 Å². The van der Waals surface area contributed by atoms with Crippen LogP contribution < -0.4 is 9.64 Å². The molecule has 2 aromatic rings. The number of ether oxygens (including phenoxy) is 1. The molecule has 1 aromatic carbocycles. The summed E-state index contributed by atoms with van der Waals surface area (Å²) in [4.78, 5) is 3.61. The summed E-state index contributed by atoms with van der Waals surface area (Å²) in [5.41, 5.74) is 1.15. The van der Waals surface area contributed by atoms with Crippen LogP contribution in [0.1, 0.15) is 18.5 Å². The Morgan fingerprint density at radius 1 is 1.25 bits per heavy atom. The number of hydrogen-bond donors (Lipinski definition) is 0. The van der Waals surface area contributed by atoms with Crippen LogP contribution in [-0.4, -0.2) is 35.2 Å². The molecule has 1 aliphatic heterocycles. The van der Waals surface area contributed by atoms with Gasteiger partial charge in [0, 0.05) is 19.2 Å². The summed E-state index contributed by atoms with van der Waals surface area (Å²) in [6, 6.07) is 9.59. The summed E-state index contributed by atoms with van der Waals surface area (Å²) in [5.74, 6) is 1.41. The van der Waals surface area contributed by atoms with Gasteiger partial charge in [-0.1, -0.05) is 6.07 Å². The second-order valence-corrected chi connectivity index (χ2v) is 4.67. The number of nitriles is 1. The highest BCUT2D eigenvalue weighted by molar-refractivity contribution is 5.51. The Bertz CT molecular complexity index is 652. The first-order chi connectivity index (χ1) is 9.81. The Labute approximate surface area is 117 Å². The van der Waals surface area contributed by atoms with E-state index < -0.39 is 0 Å². The van der Waals surface area contributed by atoms with Crippen molar-refractivity contribution in [3.63, 3.8) is 0 Å². The molecule has 0 bridgehead atoms. The molecule has 0 atom stereocenters. The fourth-order valence-electron chi connectivity index (χ4n) is 2.36. The maximum Gasteiger partial charge on any atom is 0.207 e. The summed E-state index contributed by atoms with van der Waals surface area (Å²) in [6.45, 7) is 1.87. The summed E-state index contributed by atoms with van der Waals surface area (Å²) in [5, 5.41) is 18.0. The summed E-state index contributed by atoms with van der Waals surface area (Å²) >= 11 is 0. The van der Waals surface area contributed by atoms with Gasteiger partial charge in [0.05, 0.1) is 12.8 Å². The van der Waals surface area contributed by atoms with Crippen molar-refractivity contribution in [3.05, 3.63) is 30.0 Å². The Morgan fingerprint density at radius 3 is 2.75 bits per heavy atom. The van der Waals surface area contributed by atoms with Gasteiger partial charge in [-0.05, 0) is 25.0 Å². The van der Waals surface area contributed by atoms with Crippen LogP contribution in [0.4, 0.5) is 5.82 Å². The summed E-state index contributed by atoms with van der Waals surface area (Å²) in [7, 11) is 1.62.